The number of rotatable bonds is 1. The Hall–Kier alpha value is -1.82. The summed E-state index contributed by atoms with van der Waals surface area (Å²) in [7, 11) is 0. The normalized spacial score (nSPS) is 20.2. The Labute approximate surface area is 82.4 Å². The summed E-state index contributed by atoms with van der Waals surface area (Å²) in [6.45, 7) is 0. The minimum atomic E-state index is 0.0262. The maximum Gasteiger partial charge on any atom is 0.220 e. The molecule has 1 N–H and O–H groups in total. The standard InChI is InChI=1S/C11H10N2O/c12-7-8-3-1-2-4-9(8)10-5-6-11(14)13-10/h1-4,10H,5-6H2,(H,13,14)/t10-/m1/s1. The molecule has 0 aromatic heterocycles. The number of carbonyl (C=O) groups excluding carboxylic acids is 1. The fourth-order valence-corrected chi connectivity index (χ4v) is 1.75. The van der Waals surface area contributed by atoms with E-state index in [4.69, 9.17) is 5.26 Å². The second-order valence-corrected chi connectivity index (χ2v) is 3.36. The lowest BCUT2D eigenvalue weighted by Crippen LogP contribution is -2.18. The van der Waals surface area contributed by atoms with Gasteiger partial charge in [-0.1, -0.05) is 18.2 Å². The van der Waals surface area contributed by atoms with E-state index in [0.29, 0.717) is 12.0 Å². The molecule has 70 valence electrons. The highest BCUT2D eigenvalue weighted by Gasteiger charge is 2.23. The SMILES string of the molecule is N#Cc1ccccc1[C@H]1CCC(=O)N1. The lowest BCUT2D eigenvalue weighted by molar-refractivity contribution is -0.119. The number of nitrogens with one attached hydrogen (secondary N) is 1. The third-order valence-electron chi connectivity index (χ3n) is 2.45. The average Bonchev–Trinajstić information content (AvgIpc) is 2.65. The van der Waals surface area contributed by atoms with Crippen molar-refractivity contribution in [2.75, 3.05) is 0 Å². The maximum absolute atomic E-state index is 11.0. The van der Waals surface area contributed by atoms with E-state index in [0.717, 1.165) is 12.0 Å². The summed E-state index contributed by atoms with van der Waals surface area (Å²) in [6, 6.07) is 9.56. The smallest absolute Gasteiger partial charge is 0.220 e. The second-order valence-electron chi connectivity index (χ2n) is 3.36. The molecular weight excluding hydrogens is 176 g/mol. The van der Waals surface area contributed by atoms with Crippen LogP contribution < -0.4 is 5.32 Å². The predicted molar refractivity (Wildman–Crippen MR) is 51.3 cm³/mol. The van der Waals surface area contributed by atoms with Crippen molar-refractivity contribution in [1.29, 1.82) is 5.26 Å². The fourth-order valence-electron chi connectivity index (χ4n) is 1.75. The highest BCUT2D eigenvalue weighted by molar-refractivity contribution is 5.78. The van der Waals surface area contributed by atoms with E-state index < -0.39 is 0 Å². The van der Waals surface area contributed by atoms with Gasteiger partial charge in [0, 0.05) is 6.42 Å². The van der Waals surface area contributed by atoms with Gasteiger partial charge in [-0.05, 0) is 18.1 Å². The van der Waals surface area contributed by atoms with Crippen molar-refractivity contribution in [2.45, 2.75) is 18.9 Å². The molecule has 1 aliphatic rings. The molecule has 1 aromatic carbocycles. The van der Waals surface area contributed by atoms with Gasteiger partial charge >= 0.3 is 0 Å². The van der Waals surface area contributed by atoms with Crippen LogP contribution in [0, 0.1) is 11.3 Å². The van der Waals surface area contributed by atoms with Crippen LogP contribution in [0.4, 0.5) is 0 Å². The van der Waals surface area contributed by atoms with E-state index >= 15 is 0 Å². The first-order valence-corrected chi connectivity index (χ1v) is 4.59. The molecule has 0 saturated carbocycles. The number of hydrogen-bond donors (Lipinski definition) is 1. The Morgan fingerprint density at radius 2 is 2.21 bits per heavy atom. The van der Waals surface area contributed by atoms with Gasteiger partial charge in [-0.2, -0.15) is 5.26 Å². The summed E-state index contributed by atoms with van der Waals surface area (Å²) in [6.07, 6.45) is 1.35. The zero-order chi connectivity index (χ0) is 9.97. The van der Waals surface area contributed by atoms with E-state index in [9.17, 15) is 4.79 Å². The molecule has 14 heavy (non-hydrogen) atoms. The summed E-state index contributed by atoms with van der Waals surface area (Å²) >= 11 is 0. The summed E-state index contributed by atoms with van der Waals surface area (Å²) in [5.41, 5.74) is 1.58. The van der Waals surface area contributed by atoms with Crippen molar-refractivity contribution >= 4 is 5.91 Å². The van der Waals surface area contributed by atoms with Crippen LogP contribution in [0.1, 0.15) is 30.0 Å². The first kappa shape index (κ1) is 8.76. The Morgan fingerprint density at radius 1 is 1.43 bits per heavy atom. The van der Waals surface area contributed by atoms with E-state index in [2.05, 4.69) is 11.4 Å². The molecule has 0 bridgehead atoms. The highest BCUT2D eigenvalue weighted by atomic mass is 16.1. The summed E-state index contributed by atoms with van der Waals surface area (Å²) < 4.78 is 0. The van der Waals surface area contributed by atoms with Gasteiger partial charge in [-0.25, -0.2) is 0 Å². The van der Waals surface area contributed by atoms with Crippen LogP contribution >= 0.6 is 0 Å². The molecule has 1 saturated heterocycles. The van der Waals surface area contributed by atoms with Crippen LogP contribution in [0.2, 0.25) is 0 Å². The Balaban J connectivity index is 2.33. The summed E-state index contributed by atoms with van der Waals surface area (Å²) in [5.74, 6) is 0.0720. The van der Waals surface area contributed by atoms with E-state index in [1.165, 1.54) is 0 Å². The average molecular weight is 186 g/mol. The Bertz CT molecular complexity index is 406. The van der Waals surface area contributed by atoms with Gasteiger partial charge in [0.1, 0.15) is 0 Å². The van der Waals surface area contributed by atoms with Crippen molar-refractivity contribution in [3.05, 3.63) is 35.4 Å². The van der Waals surface area contributed by atoms with E-state index in [1.54, 1.807) is 6.07 Å². The number of nitrogens with zero attached hydrogens (tertiary/aromatic N) is 1. The van der Waals surface area contributed by atoms with Crippen molar-refractivity contribution in [3.63, 3.8) is 0 Å². The summed E-state index contributed by atoms with van der Waals surface area (Å²) in [5, 5.41) is 11.7. The lowest BCUT2D eigenvalue weighted by atomic mass is 10.0. The quantitative estimate of drug-likeness (QED) is 0.722. The second kappa shape index (κ2) is 3.51. The van der Waals surface area contributed by atoms with Gasteiger partial charge in [0.2, 0.25) is 5.91 Å². The van der Waals surface area contributed by atoms with E-state index in [1.807, 2.05) is 18.2 Å². The van der Waals surface area contributed by atoms with E-state index in [-0.39, 0.29) is 11.9 Å². The van der Waals surface area contributed by atoms with Crippen LogP contribution in [-0.4, -0.2) is 5.91 Å². The van der Waals surface area contributed by atoms with Gasteiger partial charge in [0.25, 0.3) is 0 Å². The number of nitriles is 1. The molecule has 1 fully saturated rings. The molecular formula is C11H10N2O. The van der Waals surface area contributed by atoms with Crippen molar-refractivity contribution in [1.82, 2.24) is 5.32 Å². The van der Waals surface area contributed by atoms with Crippen LogP contribution in [0.3, 0.4) is 0 Å². The molecule has 2 rings (SSSR count). The van der Waals surface area contributed by atoms with Gasteiger partial charge in [0.05, 0.1) is 17.7 Å². The molecule has 0 unspecified atom stereocenters. The number of benzene rings is 1. The number of carbonyl (C=O) groups is 1. The monoisotopic (exact) mass is 186 g/mol. The maximum atomic E-state index is 11.0. The number of hydrogen-bond acceptors (Lipinski definition) is 2. The van der Waals surface area contributed by atoms with Crippen molar-refractivity contribution in [3.8, 4) is 6.07 Å². The fraction of sp³-hybridized carbons (Fsp3) is 0.273. The molecule has 1 aromatic rings. The molecule has 0 radical (unpaired) electrons. The minimum absolute atomic E-state index is 0.0262. The Kier molecular flexibility index (Phi) is 2.19. The Morgan fingerprint density at radius 3 is 2.86 bits per heavy atom. The van der Waals surface area contributed by atoms with Gasteiger partial charge in [0.15, 0.2) is 0 Å². The van der Waals surface area contributed by atoms with Gasteiger partial charge < -0.3 is 5.32 Å². The van der Waals surface area contributed by atoms with Gasteiger partial charge in [-0.15, -0.1) is 0 Å². The van der Waals surface area contributed by atoms with Crippen LogP contribution in [-0.2, 0) is 4.79 Å². The molecule has 3 heteroatoms. The molecule has 0 spiro atoms. The van der Waals surface area contributed by atoms with Crippen LogP contribution in [0.15, 0.2) is 24.3 Å². The zero-order valence-electron chi connectivity index (χ0n) is 7.66. The summed E-state index contributed by atoms with van der Waals surface area (Å²) in [4.78, 5) is 11.0. The number of amides is 1. The third-order valence-corrected chi connectivity index (χ3v) is 2.45. The minimum Gasteiger partial charge on any atom is -0.349 e. The third kappa shape index (κ3) is 1.47. The first-order valence-electron chi connectivity index (χ1n) is 4.59. The predicted octanol–water partition coefficient (Wildman–Crippen LogP) is 1.51. The van der Waals surface area contributed by atoms with Gasteiger partial charge in [-0.3, -0.25) is 4.79 Å². The molecule has 1 amide bonds. The van der Waals surface area contributed by atoms with Crippen LogP contribution in [0.25, 0.3) is 0 Å². The van der Waals surface area contributed by atoms with Crippen LogP contribution in [0.5, 0.6) is 0 Å². The van der Waals surface area contributed by atoms with Crippen molar-refractivity contribution in [2.24, 2.45) is 0 Å². The molecule has 0 aliphatic carbocycles. The molecule has 3 nitrogen and oxygen atoms in total. The molecule has 1 aliphatic heterocycles. The highest BCUT2D eigenvalue weighted by Crippen LogP contribution is 2.25. The molecule has 1 heterocycles. The largest absolute Gasteiger partial charge is 0.349 e. The zero-order valence-corrected chi connectivity index (χ0v) is 7.66. The van der Waals surface area contributed by atoms with Crippen molar-refractivity contribution < 1.29 is 4.79 Å². The first-order chi connectivity index (χ1) is 6.81. The topological polar surface area (TPSA) is 52.9 Å². The molecule has 1 atom stereocenters. The lowest BCUT2D eigenvalue weighted by Gasteiger charge is -2.11.